The highest BCUT2D eigenvalue weighted by atomic mass is 35.5. The van der Waals surface area contributed by atoms with Crippen LogP contribution in [0.3, 0.4) is 0 Å². The molecule has 0 aliphatic heterocycles. The zero-order valence-corrected chi connectivity index (χ0v) is 19.1. The van der Waals surface area contributed by atoms with Gasteiger partial charge in [0.2, 0.25) is 15.9 Å². The van der Waals surface area contributed by atoms with Crippen molar-refractivity contribution in [3.63, 3.8) is 0 Å². The smallest absolute Gasteiger partial charge is 0.243 e. The second-order valence-electron chi connectivity index (χ2n) is 7.48. The summed E-state index contributed by atoms with van der Waals surface area (Å²) in [5.41, 5.74) is 3.75. The third kappa shape index (κ3) is 6.40. The van der Waals surface area contributed by atoms with E-state index in [0.717, 1.165) is 22.3 Å². The van der Waals surface area contributed by atoms with Gasteiger partial charge in [0.05, 0.1) is 11.4 Å². The van der Waals surface area contributed by atoms with Gasteiger partial charge in [-0.15, -0.1) is 0 Å². The van der Waals surface area contributed by atoms with E-state index < -0.39 is 10.0 Å². The van der Waals surface area contributed by atoms with Gasteiger partial charge in [-0.2, -0.15) is 4.31 Å². The van der Waals surface area contributed by atoms with E-state index in [-0.39, 0.29) is 23.9 Å². The van der Waals surface area contributed by atoms with Crippen molar-refractivity contribution in [1.82, 2.24) is 9.62 Å². The first kappa shape index (κ1) is 23.0. The molecule has 0 aromatic heterocycles. The minimum Gasteiger partial charge on any atom is -0.351 e. The lowest BCUT2D eigenvalue weighted by atomic mass is 10.1. The van der Waals surface area contributed by atoms with Crippen molar-refractivity contribution in [2.24, 2.45) is 0 Å². The molecule has 0 atom stereocenters. The Labute approximate surface area is 188 Å². The van der Waals surface area contributed by atoms with Gasteiger partial charge in [0.1, 0.15) is 0 Å². The molecule has 7 heteroatoms. The van der Waals surface area contributed by atoms with Gasteiger partial charge in [0, 0.05) is 18.1 Å². The van der Waals surface area contributed by atoms with Crippen LogP contribution in [0.4, 0.5) is 0 Å². The van der Waals surface area contributed by atoms with Gasteiger partial charge in [0.15, 0.2) is 0 Å². The Bertz CT molecular complexity index is 1140. The van der Waals surface area contributed by atoms with Crippen molar-refractivity contribution < 1.29 is 13.2 Å². The van der Waals surface area contributed by atoms with Crippen molar-refractivity contribution >= 4 is 27.5 Å². The molecular formula is C24H25ClN2O3S. The molecule has 0 aliphatic rings. The predicted molar refractivity (Wildman–Crippen MR) is 123 cm³/mol. The van der Waals surface area contributed by atoms with Crippen molar-refractivity contribution in [2.45, 2.75) is 31.8 Å². The van der Waals surface area contributed by atoms with Crippen LogP contribution in [-0.4, -0.2) is 25.2 Å². The third-order valence-electron chi connectivity index (χ3n) is 4.82. The van der Waals surface area contributed by atoms with Crippen LogP contribution in [0, 0.1) is 13.8 Å². The average Bonchev–Trinajstić information content (AvgIpc) is 2.74. The Kier molecular flexibility index (Phi) is 7.49. The van der Waals surface area contributed by atoms with Crippen LogP contribution in [0.5, 0.6) is 0 Å². The van der Waals surface area contributed by atoms with Crippen LogP contribution in [0.2, 0.25) is 5.02 Å². The summed E-state index contributed by atoms with van der Waals surface area (Å²) >= 11 is 5.95. The maximum absolute atomic E-state index is 13.3. The fraction of sp³-hybridized carbons (Fsp3) is 0.208. The standard InChI is InChI=1S/C24H25ClN2O3S/c1-18-6-12-23(13-7-18)31(29,30)27(16-20-8-10-22(25)11-9-20)17-24(28)26-15-21-5-3-4-19(2)14-21/h3-14H,15-17H2,1-2H3,(H,26,28). The number of sulfonamides is 1. The molecule has 3 aromatic rings. The minimum absolute atomic E-state index is 0.0608. The number of halogens is 1. The first-order chi connectivity index (χ1) is 14.7. The molecule has 0 aliphatic carbocycles. The second kappa shape index (κ2) is 10.1. The van der Waals surface area contributed by atoms with E-state index in [2.05, 4.69) is 5.32 Å². The van der Waals surface area contributed by atoms with Crippen LogP contribution in [0.25, 0.3) is 0 Å². The first-order valence-electron chi connectivity index (χ1n) is 9.87. The second-order valence-corrected chi connectivity index (χ2v) is 9.85. The molecule has 0 radical (unpaired) electrons. The van der Waals surface area contributed by atoms with Gasteiger partial charge in [-0.05, 0) is 49.2 Å². The molecule has 3 aromatic carbocycles. The summed E-state index contributed by atoms with van der Waals surface area (Å²) in [6, 6.07) is 21.3. The quantitative estimate of drug-likeness (QED) is 0.544. The number of carbonyl (C=O) groups excluding carboxylic acids is 1. The number of carbonyl (C=O) groups is 1. The molecule has 1 amide bonds. The van der Waals surface area contributed by atoms with E-state index in [1.54, 1.807) is 48.5 Å². The van der Waals surface area contributed by atoms with Crippen LogP contribution in [-0.2, 0) is 27.9 Å². The van der Waals surface area contributed by atoms with E-state index in [4.69, 9.17) is 11.6 Å². The Balaban J connectivity index is 1.79. The summed E-state index contributed by atoms with van der Waals surface area (Å²) in [6.07, 6.45) is 0. The number of hydrogen-bond acceptors (Lipinski definition) is 3. The average molecular weight is 457 g/mol. The van der Waals surface area contributed by atoms with E-state index in [1.165, 1.54) is 4.31 Å². The van der Waals surface area contributed by atoms with Crippen molar-refractivity contribution in [1.29, 1.82) is 0 Å². The molecule has 31 heavy (non-hydrogen) atoms. The third-order valence-corrected chi connectivity index (χ3v) is 6.88. The summed E-state index contributed by atoms with van der Waals surface area (Å²) in [5.74, 6) is -0.369. The monoisotopic (exact) mass is 456 g/mol. The lowest BCUT2D eigenvalue weighted by Crippen LogP contribution is -2.40. The largest absolute Gasteiger partial charge is 0.351 e. The van der Waals surface area contributed by atoms with Crippen LogP contribution < -0.4 is 5.32 Å². The van der Waals surface area contributed by atoms with E-state index in [0.29, 0.717) is 11.6 Å². The van der Waals surface area contributed by atoms with Crippen molar-refractivity contribution in [3.05, 3.63) is 100 Å². The zero-order chi connectivity index (χ0) is 22.4. The normalized spacial score (nSPS) is 11.5. The lowest BCUT2D eigenvalue weighted by Gasteiger charge is -2.22. The molecule has 0 saturated carbocycles. The molecule has 0 unspecified atom stereocenters. The number of nitrogens with zero attached hydrogens (tertiary/aromatic N) is 1. The summed E-state index contributed by atoms with van der Waals surface area (Å²) in [5, 5.41) is 3.38. The van der Waals surface area contributed by atoms with Crippen molar-refractivity contribution in [2.75, 3.05) is 6.54 Å². The molecule has 1 N–H and O–H groups in total. The van der Waals surface area contributed by atoms with Gasteiger partial charge in [0.25, 0.3) is 0 Å². The SMILES string of the molecule is Cc1ccc(S(=O)(=O)N(CC(=O)NCc2cccc(C)c2)Cc2ccc(Cl)cc2)cc1. The van der Waals surface area contributed by atoms with E-state index in [1.807, 2.05) is 38.1 Å². The Morgan fingerprint density at radius 2 is 1.58 bits per heavy atom. The summed E-state index contributed by atoms with van der Waals surface area (Å²) < 4.78 is 27.8. The molecule has 0 heterocycles. The molecule has 0 bridgehead atoms. The minimum atomic E-state index is -3.87. The molecule has 0 saturated heterocycles. The number of hydrogen-bond donors (Lipinski definition) is 1. The zero-order valence-electron chi connectivity index (χ0n) is 17.5. The van der Waals surface area contributed by atoms with Crippen molar-refractivity contribution in [3.8, 4) is 0 Å². The molecule has 0 fully saturated rings. The number of aryl methyl sites for hydroxylation is 2. The topological polar surface area (TPSA) is 66.5 Å². The predicted octanol–water partition coefficient (Wildman–Crippen LogP) is 4.46. The van der Waals surface area contributed by atoms with Gasteiger partial charge in [-0.1, -0.05) is 71.3 Å². The van der Waals surface area contributed by atoms with Crippen LogP contribution in [0.15, 0.2) is 77.7 Å². The Morgan fingerprint density at radius 3 is 2.23 bits per heavy atom. The van der Waals surface area contributed by atoms with Gasteiger partial charge in [-0.3, -0.25) is 4.79 Å². The van der Waals surface area contributed by atoms with E-state index in [9.17, 15) is 13.2 Å². The molecule has 0 spiro atoms. The van der Waals surface area contributed by atoms with Gasteiger partial charge < -0.3 is 5.32 Å². The molecule has 162 valence electrons. The Hall–Kier alpha value is -2.67. The maximum atomic E-state index is 13.3. The number of benzene rings is 3. The van der Waals surface area contributed by atoms with Crippen LogP contribution in [0.1, 0.15) is 22.3 Å². The Morgan fingerprint density at radius 1 is 0.903 bits per heavy atom. The van der Waals surface area contributed by atoms with Gasteiger partial charge in [-0.25, -0.2) is 8.42 Å². The number of amides is 1. The molecule has 5 nitrogen and oxygen atoms in total. The van der Waals surface area contributed by atoms with Crippen LogP contribution >= 0.6 is 11.6 Å². The summed E-state index contributed by atoms with van der Waals surface area (Å²) in [4.78, 5) is 12.8. The molecular weight excluding hydrogens is 432 g/mol. The first-order valence-corrected chi connectivity index (χ1v) is 11.7. The summed E-state index contributed by atoms with van der Waals surface area (Å²) in [7, 11) is -3.87. The lowest BCUT2D eigenvalue weighted by molar-refractivity contribution is -0.121. The fourth-order valence-corrected chi connectivity index (χ4v) is 4.63. The van der Waals surface area contributed by atoms with Gasteiger partial charge >= 0.3 is 0 Å². The number of rotatable bonds is 8. The highest BCUT2D eigenvalue weighted by molar-refractivity contribution is 7.89. The maximum Gasteiger partial charge on any atom is 0.243 e. The highest BCUT2D eigenvalue weighted by Gasteiger charge is 2.27. The number of nitrogens with one attached hydrogen (secondary N) is 1. The van der Waals surface area contributed by atoms with E-state index >= 15 is 0 Å². The molecule has 3 rings (SSSR count). The highest BCUT2D eigenvalue weighted by Crippen LogP contribution is 2.20. The summed E-state index contributed by atoms with van der Waals surface area (Å²) in [6.45, 7) is 3.98. The fourth-order valence-electron chi connectivity index (χ4n) is 3.12.